The lowest BCUT2D eigenvalue weighted by Gasteiger charge is -2.29. The minimum Gasteiger partial charge on any atom is -0.467 e. The van der Waals surface area contributed by atoms with Gasteiger partial charge in [0.15, 0.2) is 6.79 Å². The molecule has 1 unspecified atom stereocenters. The molecule has 2 heterocycles. The molecule has 0 bridgehead atoms. The van der Waals surface area contributed by atoms with Gasteiger partial charge < -0.3 is 25.0 Å². The normalized spacial score (nSPS) is 17.2. The number of methoxy groups -OCH3 is 1. The highest BCUT2D eigenvalue weighted by Crippen LogP contribution is 2.33. The van der Waals surface area contributed by atoms with Crippen LogP contribution in [-0.4, -0.2) is 48.6 Å². The molecule has 4 rings (SSSR count). The average Bonchev–Trinajstić information content (AvgIpc) is 3.19. The number of hydrogen-bond acceptors (Lipinski definition) is 6. The first-order valence-electron chi connectivity index (χ1n) is 11.7. The Hall–Kier alpha value is -4.13. The van der Waals surface area contributed by atoms with Crippen molar-refractivity contribution in [3.63, 3.8) is 0 Å². The van der Waals surface area contributed by atoms with Crippen molar-refractivity contribution in [3.05, 3.63) is 64.2 Å². The Bertz CT molecular complexity index is 1270. The number of rotatable bonds is 8. The first-order valence-corrected chi connectivity index (χ1v) is 11.7. The van der Waals surface area contributed by atoms with Gasteiger partial charge in [0.2, 0.25) is 11.8 Å². The molecule has 5 amide bonds. The standard InChI is InChI=1S/C25H25F3N4O6/c1-37-13-38-20-6-3-17(25(26,27)28)9-15(20)11-30-24(36)29-10-14-2-4-18-16(8-14)12-32(23(18)35)19-5-7-21(33)31-22(19)34/h2-4,6,8-9,19H,5,7,10-13H2,1H3,(H2,29,30,36)(H,31,33,34). The minimum absolute atomic E-state index is 0.0847. The number of ether oxygens (including phenoxy) is 2. The molecule has 1 saturated heterocycles. The van der Waals surface area contributed by atoms with E-state index in [0.29, 0.717) is 16.7 Å². The van der Waals surface area contributed by atoms with Gasteiger partial charge in [-0.1, -0.05) is 12.1 Å². The molecule has 0 radical (unpaired) electrons. The van der Waals surface area contributed by atoms with Crippen molar-refractivity contribution in [3.8, 4) is 5.75 Å². The van der Waals surface area contributed by atoms with E-state index in [1.54, 1.807) is 18.2 Å². The van der Waals surface area contributed by atoms with Crippen molar-refractivity contribution < 1.29 is 41.8 Å². The van der Waals surface area contributed by atoms with Crippen LogP contribution < -0.4 is 20.7 Å². The number of piperidine rings is 1. The highest BCUT2D eigenvalue weighted by Gasteiger charge is 2.39. The van der Waals surface area contributed by atoms with E-state index >= 15 is 0 Å². The van der Waals surface area contributed by atoms with Crippen LogP contribution >= 0.6 is 0 Å². The fourth-order valence-corrected chi connectivity index (χ4v) is 4.32. The summed E-state index contributed by atoms with van der Waals surface area (Å²) in [4.78, 5) is 50.2. The van der Waals surface area contributed by atoms with Crippen molar-refractivity contribution in [1.82, 2.24) is 20.9 Å². The summed E-state index contributed by atoms with van der Waals surface area (Å²) in [5, 5.41) is 7.39. The summed E-state index contributed by atoms with van der Waals surface area (Å²) in [5.41, 5.74) is 1.05. The highest BCUT2D eigenvalue weighted by molar-refractivity contribution is 6.05. The number of imide groups is 1. The van der Waals surface area contributed by atoms with Crippen LogP contribution in [-0.2, 0) is 40.1 Å². The minimum atomic E-state index is -4.56. The van der Waals surface area contributed by atoms with Gasteiger partial charge >= 0.3 is 12.2 Å². The molecule has 2 aromatic carbocycles. The number of halogens is 3. The zero-order chi connectivity index (χ0) is 27.4. The Kier molecular flexibility index (Phi) is 7.86. The SMILES string of the molecule is COCOc1ccc(C(F)(F)F)cc1CNC(=O)NCc1ccc2c(c1)CN(C1CCC(=O)NC1=O)C2=O. The molecule has 0 saturated carbocycles. The number of carbonyl (C=O) groups is 4. The van der Waals surface area contributed by atoms with Gasteiger partial charge in [-0.3, -0.25) is 19.7 Å². The van der Waals surface area contributed by atoms with Crippen LogP contribution in [0.1, 0.15) is 45.5 Å². The third kappa shape index (κ3) is 6.05. The number of hydrogen-bond donors (Lipinski definition) is 3. The van der Waals surface area contributed by atoms with Crippen molar-refractivity contribution in [1.29, 1.82) is 0 Å². The summed E-state index contributed by atoms with van der Waals surface area (Å²) in [6.07, 6.45) is -4.15. The second-order valence-electron chi connectivity index (χ2n) is 8.80. The Morgan fingerprint density at radius 2 is 1.87 bits per heavy atom. The Balaban J connectivity index is 1.35. The number of carbonyl (C=O) groups excluding carboxylic acids is 4. The largest absolute Gasteiger partial charge is 0.467 e. The van der Waals surface area contributed by atoms with Crippen molar-refractivity contribution in [2.24, 2.45) is 0 Å². The number of nitrogens with one attached hydrogen (secondary N) is 3. The molecule has 2 aromatic rings. The van der Waals surface area contributed by atoms with Gasteiger partial charge in [-0.25, -0.2) is 4.79 Å². The Morgan fingerprint density at radius 1 is 1.11 bits per heavy atom. The third-order valence-electron chi connectivity index (χ3n) is 6.20. The zero-order valence-corrected chi connectivity index (χ0v) is 20.3. The maximum absolute atomic E-state index is 13.1. The monoisotopic (exact) mass is 534 g/mol. The van der Waals surface area contributed by atoms with E-state index in [0.717, 1.165) is 12.1 Å². The lowest BCUT2D eigenvalue weighted by molar-refractivity contribution is -0.138. The van der Waals surface area contributed by atoms with Crippen LogP contribution in [0.25, 0.3) is 0 Å². The number of benzene rings is 2. The summed E-state index contributed by atoms with van der Waals surface area (Å²) in [6.45, 7) is -0.123. The fourth-order valence-electron chi connectivity index (χ4n) is 4.32. The molecular weight excluding hydrogens is 509 g/mol. The number of nitrogens with zero attached hydrogens (tertiary/aromatic N) is 1. The number of alkyl halides is 3. The first kappa shape index (κ1) is 26.9. The zero-order valence-electron chi connectivity index (χ0n) is 20.3. The van der Waals surface area contributed by atoms with Gasteiger partial charge in [-0.15, -0.1) is 0 Å². The van der Waals surface area contributed by atoms with E-state index in [-0.39, 0.29) is 62.4 Å². The predicted molar refractivity (Wildman–Crippen MR) is 126 cm³/mol. The molecule has 2 aliphatic heterocycles. The fraction of sp³-hybridized carbons (Fsp3) is 0.360. The van der Waals surface area contributed by atoms with Crippen LogP contribution in [0.4, 0.5) is 18.0 Å². The summed E-state index contributed by atoms with van der Waals surface area (Å²) < 4.78 is 49.5. The number of urea groups is 1. The van der Waals surface area contributed by atoms with Crippen LogP contribution in [0.2, 0.25) is 0 Å². The van der Waals surface area contributed by atoms with E-state index in [1.165, 1.54) is 18.1 Å². The van der Waals surface area contributed by atoms with Gasteiger partial charge in [0, 0.05) is 44.3 Å². The van der Waals surface area contributed by atoms with Crippen molar-refractivity contribution >= 4 is 23.8 Å². The summed E-state index contributed by atoms with van der Waals surface area (Å²) in [6, 6.07) is 6.61. The molecule has 1 fully saturated rings. The molecule has 2 aliphatic rings. The third-order valence-corrected chi connectivity index (χ3v) is 6.20. The molecule has 13 heteroatoms. The van der Waals surface area contributed by atoms with Gasteiger partial charge in [0.1, 0.15) is 11.8 Å². The van der Waals surface area contributed by atoms with Crippen molar-refractivity contribution in [2.45, 2.75) is 44.7 Å². The van der Waals surface area contributed by atoms with E-state index in [4.69, 9.17) is 9.47 Å². The molecule has 202 valence electrons. The van der Waals surface area contributed by atoms with Gasteiger partial charge in [-0.05, 0) is 41.8 Å². The van der Waals surface area contributed by atoms with Gasteiger partial charge in [-0.2, -0.15) is 13.2 Å². The molecule has 38 heavy (non-hydrogen) atoms. The molecule has 10 nitrogen and oxygen atoms in total. The smallest absolute Gasteiger partial charge is 0.416 e. The van der Waals surface area contributed by atoms with Crippen LogP contribution in [0.3, 0.4) is 0 Å². The maximum Gasteiger partial charge on any atom is 0.416 e. The second-order valence-corrected chi connectivity index (χ2v) is 8.80. The molecule has 0 aromatic heterocycles. The predicted octanol–water partition coefficient (Wildman–Crippen LogP) is 2.45. The molecular formula is C25H25F3N4O6. The van der Waals surface area contributed by atoms with E-state index in [1.807, 2.05) is 0 Å². The molecule has 1 atom stereocenters. The van der Waals surface area contributed by atoms with Crippen LogP contribution in [0.15, 0.2) is 36.4 Å². The molecule has 0 aliphatic carbocycles. The van der Waals surface area contributed by atoms with E-state index in [2.05, 4.69) is 16.0 Å². The highest BCUT2D eigenvalue weighted by atomic mass is 19.4. The topological polar surface area (TPSA) is 126 Å². The summed E-state index contributed by atoms with van der Waals surface area (Å²) >= 11 is 0. The number of amides is 5. The van der Waals surface area contributed by atoms with Crippen molar-refractivity contribution in [2.75, 3.05) is 13.9 Å². The second kappa shape index (κ2) is 11.1. The lowest BCUT2D eigenvalue weighted by atomic mass is 10.0. The molecule has 0 spiro atoms. The number of fused-ring (bicyclic) bond motifs is 1. The average molecular weight is 534 g/mol. The lowest BCUT2D eigenvalue weighted by Crippen LogP contribution is -2.52. The van der Waals surface area contributed by atoms with Gasteiger partial charge in [0.25, 0.3) is 5.91 Å². The first-order chi connectivity index (χ1) is 18.1. The van der Waals surface area contributed by atoms with Crippen LogP contribution in [0.5, 0.6) is 5.75 Å². The Labute approximate surface area is 215 Å². The Morgan fingerprint density at radius 3 is 2.58 bits per heavy atom. The van der Waals surface area contributed by atoms with Crippen LogP contribution in [0, 0.1) is 0 Å². The summed E-state index contributed by atoms with van der Waals surface area (Å²) in [7, 11) is 1.37. The molecule has 3 N–H and O–H groups in total. The van der Waals surface area contributed by atoms with E-state index < -0.39 is 29.7 Å². The van der Waals surface area contributed by atoms with Gasteiger partial charge in [0.05, 0.1) is 5.56 Å². The maximum atomic E-state index is 13.1. The quantitative estimate of drug-likeness (QED) is 0.353. The summed E-state index contributed by atoms with van der Waals surface area (Å²) in [5.74, 6) is -1.03. The van der Waals surface area contributed by atoms with E-state index in [9.17, 15) is 32.3 Å².